The fourth-order valence-electron chi connectivity index (χ4n) is 3.83. The molecular formula is C21H24N8O4. The minimum atomic E-state index is -0.639. The highest BCUT2D eigenvalue weighted by molar-refractivity contribution is 6.06. The van der Waals surface area contributed by atoms with Crippen molar-refractivity contribution in [1.82, 2.24) is 19.5 Å². The standard InChI is InChI=1S/C21H24N8O4/c1-3-14-15(27-28-22)17(32-10-9-31-2)21(33-14)29-12-25-16-18(23-11-24-19(16)29)26-20(30)13-7-5-4-6-8-13/h4-8,11-12,14-15,17,21H,3,9-10H2,1-2H3,(H,23,24,26,30)/t14-,15-,17-,21-/m1/s1. The first kappa shape index (κ1) is 22.6. The third-order valence-corrected chi connectivity index (χ3v) is 5.40. The number of amides is 1. The summed E-state index contributed by atoms with van der Waals surface area (Å²) in [6.45, 7) is 2.63. The van der Waals surface area contributed by atoms with Crippen LogP contribution in [0.1, 0.15) is 29.9 Å². The Bertz CT molecular complexity index is 1150. The zero-order valence-corrected chi connectivity index (χ0v) is 18.2. The molecule has 4 atom stereocenters. The molecule has 12 heteroatoms. The van der Waals surface area contributed by atoms with Crippen LogP contribution in [-0.4, -0.2) is 64.0 Å². The fraction of sp³-hybridized carbons (Fsp3) is 0.429. The van der Waals surface area contributed by atoms with E-state index in [-0.39, 0.29) is 17.8 Å². The quantitative estimate of drug-likeness (QED) is 0.227. The summed E-state index contributed by atoms with van der Waals surface area (Å²) >= 11 is 0. The normalized spacial score (nSPS) is 22.2. The molecule has 0 spiro atoms. The smallest absolute Gasteiger partial charge is 0.256 e. The molecule has 172 valence electrons. The van der Waals surface area contributed by atoms with Gasteiger partial charge in [0.15, 0.2) is 23.2 Å². The average Bonchev–Trinajstić information content (AvgIpc) is 3.42. The molecule has 12 nitrogen and oxygen atoms in total. The Balaban J connectivity index is 1.66. The lowest BCUT2D eigenvalue weighted by Crippen LogP contribution is -2.33. The molecule has 3 heterocycles. The van der Waals surface area contributed by atoms with Crippen LogP contribution >= 0.6 is 0 Å². The number of imidazole rings is 1. The highest BCUT2D eigenvalue weighted by Gasteiger charge is 2.45. The molecule has 4 rings (SSSR count). The van der Waals surface area contributed by atoms with E-state index in [2.05, 4.69) is 30.3 Å². The van der Waals surface area contributed by atoms with Crippen molar-refractivity contribution in [2.24, 2.45) is 5.11 Å². The highest BCUT2D eigenvalue weighted by atomic mass is 16.6. The largest absolute Gasteiger partial charge is 0.382 e. The lowest BCUT2D eigenvalue weighted by atomic mass is 10.1. The Hall–Kier alpha value is -3.57. The zero-order chi connectivity index (χ0) is 23.2. The van der Waals surface area contributed by atoms with Crippen LogP contribution < -0.4 is 5.32 Å². The summed E-state index contributed by atoms with van der Waals surface area (Å²) in [5.74, 6) is -0.0291. The molecule has 33 heavy (non-hydrogen) atoms. The average molecular weight is 452 g/mol. The number of nitrogens with zero attached hydrogens (tertiary/aromatic N) is 7. The summed E-state index contributed by atoms with van der Waals surface area (Å²) in [6, 6.07) is 8.29. The predicted octanol–water partition coefficient (Wildman–Crippen LogP) is 3.10. The SMILES string of the molecule is CC[C@H]1O[C@@H](n2cnc3c(NC(=O)c4ccccc4)ncnc32)[C@H](OCCOC)[C@@H]1N=[N+]=[N-]. The minimum Gasteiger partial charge on any atom is -0.382 e. The number of hydrogen-bond donors (Lipinski definition) is 1. The van der Waals surface area contributed by atoms with Crippen molar-refractivity contribution in [2.75, 3.05) is 25.6 Å². The van der Waals surface area contributed by atoms with Crippen LogP contribution in [0.25, 0.3) is 21.6 Å². The van der Waals surface area contributed by atoms with Gasteiger partial charge in [0.1, 0.15) is 12.4 Å². The lowest BCUT2D eigenvalue weighted by Gasteiger charge is -2.22. The number of azide groups is 1. The molecule has 0 unspecified atom stereocenters. The zero-order valence-electron chi connectivity index (χ0n) is 18.2. The maximum absolute atomic E-state index is 12.6. The number of fused-ring (bicyclic) bond motifs is 1. The van der Waals surface area contributed by atoms with E-state index in [1.165, 1.54) is 6.33 Å². The molecule has 1 aliphatic heterocycles. The number of anilines is 1. The number of hydrogen-bond acceptors (Lipinski definition) is 8. The number of carbonyl (C=O) groups is 1. The second-order valence-electron chi connectivity index (χ2n) is 7.36. The summed E-state index contributed by atoms with van der Waals surface area (Å²) in [6.07, 6.45) is 1.98. The van der Waals surface area contributed by atoms with E-state index in [1.54, 1.807) is 42.3 Å². The molecule has 2 aromatic heterocycles. The van der Waals surface area contributed by atoms with Gasteiger partial charge in [-0.3, -0.25) is 9.36 Å². The van der Waals surface area contributed by atoms with Crippen LogP contribution in [0.4, 0.5) is 5.82 Å². The monoisotopic (exact) mass is 452 g/mol. The van der Waals surface area contributed by atoms with Crippen molar-refractivity contribution in [2.45, 2.75) is 37.8 Å². The van der Waals surface area contributed by atoms with Crippen LogP contribution in [-0.2, 0) is 14.2 Å². The van der Waals surface area contributed by atoms with Crippen LogP contribution in [0.3, 0.4) is 0 Å². The molecule has 0 bridgehead atoms. The van der Waals surface area contributed by atoms with E-state index in [0.29, 0.717) is 36.4 Å². The summed E-state index contributed by atoms with van der Waals surface area (Å²) < 4.78 is 19.0. The Morgan fingerprint density at radius 1 is 1.27 bits per heavy atom. The molecule has 1 saturated heterocycles. The van der Waals surface area contributed by atoms with Crippen LogP contribution in [0.15, 0.2) is 48.1 Å². The molecule has 0 saturated carbocycles. The Labute approximate surface area is 189 Å². The number of methoxy groups -OCH3 is 1. The number of rotatable bonds is 9. The maximum atomic E-state index is 12.6. The molecule has 1 N–H and O–H groups in total. The first-order valence-corrected chi connectivity index (χ1v) is 10.5. The van der Waals surface area contributed by atoms with Crippen LogP contribution in [0, 0.1) is 0 Å². The Morgan fingerprint density at radius 3 is 2.82 bits per heavy atom. The number of nitrogens with one attached hydrogen (secondary N) is 1. The van der Waals surface area contributed by atoms with Crippen LogP contribution in [0.5, 0.6) is 0 Å². The number of aromatic nitrogens is 4. The van der Waals surface area contributed by atoms with Gasteiger partial charge in [0.05, 0.1) is 31.7 Å². The second-order valence-corrected chi connectivity index (χ2v) is 7.36. The summed E-state index contributed by atoms with van der Waals surface area (Å²) in [4.78, 5) is 28.6. The number of benzene rings is 1. The number of ether oxygens (including phenoxy) is 3. The van der Waals surface area contributed by atoms with Crippen molar-refractivity contribution in [3.8, 4) is 0 Å². The van der Waals surface area contributed by atoms with Crippen molar-refractivity contribution >= 4 is 22.9 Å². The highest BCUT2D eigenvalue weighted by Crippen LogP contribution is 2.37. The van der Waals surface area contributed by atoms with Gasteiger partial charge in [0.2, 0.25) is 0 Å². The molecule has 1 aromatic carbocycles. The molecule has 1 aliphatic rings. The van der Waals surface area contributed by atoms with Crippen molar-refractivity contribution in [3.05, 3.63) is 59.0 Å². The van der Waals surface area contributed by atoms with E-state index in [9.17, 15) is 4.79 Å². The molecule has 0 aliphatic carbocycles. The van der Waals surface area contributed by atoms with E-state index in [1.807, 2.05) is 13.0 Å². The molecular weight excluding hydrogens is 428 g/mol. The molecule has 1 amide bonds. The first-order valence-electron chi connectivity index (χ1n) is 10.5. The first-order chi connectivity index (χ1) is 16.2. The van der Waals surface area contributed by atoms with Gasteiger partial charge in [-0.1, -0.05) is 30.2 Å². The Morgan fingerprint density at radius 2 is 2.09 bits per heavy atom. The summed E-state index contributed by atoms with van der Waals surface area (Å²) in [5.41, 5.74) is 10.4. The van der Waals surface area contributed by atoms with Gasteiger partial charge in [-0.2, -0.15) is 0 Å². The summed E-state index contributed by atoms with van der Waals surface area (Å²) in [5, 5.41) is 6.72. The van der Waals surface area contributed by atoms with Gasteiger partial charge in [-0.05, 0) is 24.1 Å². The van der Waals surface area contributed by atoms with Crippen molar-refractivity contribution in [3.63, 3.8) is 0 Å². The lowest BCUT2D eigenvalue weighted by molar-refractivity contribution is -0.0694. The van der Waals surface area contributed by atoms with E-state index >= 15 is 0 Å². The third kappa shape index (κ3) is 4.64. The summed E-state index contributed by atoms with van der Waals surface area (Å²) in [7, 11) is 1.58. The Kier molecular flexibility index (Phi) is 7.10. The van der Waals surface area contributed by atoms with E-state index in [4.69, 9.17) is 19.7 Å². The van der Waals surface area contributed by atoms with E-state index < -0.39 is 18.4 Å². The van der Waals surface area contributed by atoms with E-state index in [0.717, 1.165) is 0 Å². The van der Waals surface area contributed by atoms with Gasteiger partial charge in [0.25, 0.3) is 5.91 Å². The maximum Gasteiger partial charge on any atom is 0.256 e. The van der Waals surface area contributed by atoms with Gasteiger partial charge in [0, 0.05) is 17.6 Å². The topological polar surface area (TPSA) is 149 Å². The molecule has 1 fully saturated rings. The molecule has 3 aromatic rings. The molecule has 0 radical (unpaired) electrons. The van der Waals surface area contributed by atoms with Crippen molar-refractivity contribution in [1.29, 1.82) is 0 Å². The van der Waals surface area contributed by atoms with Crippen molar-refractivity contribution < 1.29 is 19.0 Å². The van der Waals surface area contributed by atoms with Gasteiger partial charge >= 0.3 is 0 Å². The van der Waals surface area contributed by atoms with Crippen LogP contribution in [0.2, 0.25) is 0 Å². The fourth-order valence-corrected chi connectivity index (χ4v) is 3.83. The predicted molar refractivity (Wildman–Crippen MR) is 118 cm³/mol. The second kappa shape index (κ2) is 10.4. The number of carbonyl (C=O) groups excluding carboxylic acids is 1. The minimum absolute atomic E-state index is 0.279. The van der Waals surface area contributed by atoms with Gasteiger partial charge in [-0.15, -0.1) is 0 Å². The van der Waals surface area contributed by atoms with Gasteiger partial charge in [-0.25, -0.2) is 15.0 Å². The van der Waals surface area contributed by atoms with Gasteiger partial charge < -0.3 is 19.5 Å². The third-order valence-electron chi connectivity index (χ3n) is 5.40.